The predicted molar refractivity (Wildman–Crippen MR) is 105 cm³/mol. The van der Waals surface area contributed by atoms with Crippen molar-refractivity contribution >= 4 is 29.3 Å². The second kappa shape index (κ2) is 10.8. The predicted octanol–water partition coefficient (Wildman–Crippen LogP) is -0.426. The molecule has 1 aliphatic rings. The SMILES string of the molecule is NCCCOC[C@@H]1CC[C@H](n2cc(OP(=O)(O)OP(=O)(O)OP(=O)(O)O)c(N)nc2=O)O1. The van der Waals surface area contributed by atoms with Gasteiger partial charge in [0.1, 0.15) is 6.23 Å². The van der Waals surface area contributed by atoms with Gasteiger partial charge in [0.2, 0.25) is 0 Å². The highest BCUT2D eigenvalue weighted by Crippen LogP contribution is 2.66. The number of phosphoric acid groups is 3. The van der Waals surface area contributed by atoms with Gasteiger partial charge in [-0.15, -0.1) is 0 Å². The fourth-order valence-corrected chi connectivity index (χ4v) is 5.60. The third kappa shape index (κ3) is 8.63. The van der Waals surface area contributed by atoms with Gasteiger partial charge in [-0.05, 0) is 25.8 Å². The van der Waals surface area contributed by atoms with E-state index in [1.807, 2.05) is 0 Å². The van der Waals surface area contributed by atoms with Crippen LogP contribution in [0.15, 0.2) is 11.0 Å². The molecule has 1 aromatic heterocycles. The van der Waals surface area contributed by atoms with E-state index in [-0.39, 0.29) is 12.7 Å². The van der Waals surface area contributed by atoms with Crippen LogP contribution in [0.1, 0.15) is 25.5 Å². The van der Waals surface area contributed by atoms with Crippen LogP contribution in [0.5, 0.6) is 5.75 Å². The van der Waals surface area contributed by atoms with Crippen LogP contribution in [0.2, 0.25) is 0 Å². The van der Waals surface area contributed by atoms with Crippen LogP contribution in [-0.4, -0.2) is 55.0 Å². The van der Waals surface area contributed by atoms with Gasteiger partial charge >= 0.3 is 29.2 Å². The first-order chi connectivity index (χ1) is 14.7. The molecule has 1 aromatic rings. The van der Waals surface area contributed by atoms with Crippen molar-refractivity contribution < 1.29 is 55.9 Å². The summed E-state index contributed by atoms with van der Waals surface area (Å²) in [5.41, 5.74) is 9.98. The van der Waals surface area contributed by atoms with Gasteiger partial charge in [0, 0.05) is 6.61 Å². The number of nitrogens with zero attached hydrogens (tertiary/aromatic N) is 2. The fourth-order valence-electron chi connectivity index (χ4n) is 2.58. The van der Waals surface area contributed by atoms with Gasteiger partial charge in [0.25, 0.3) is 0 Å². The first-order valence-corrected chi connectivity index (χ1v) is 13.4. The van der Waals surface area contributed by atoms with Crippen molar-refractivity contribution in [3.8, 4) is 5.75 Å². The van der Waals surface area contributed by atoms with Crippen molar-refractivity contribution in [2.45, 2.75) is 31.6 Å². The third-order valence-corrected chi connectivity index (χ3v) is 7.52. The Kier molecular flexibility index (Phi) is 9.15. The van der Waals surface area contributed by atoms with Gasteiger partial charge in [-0.1, -0.05) is 0 Å². The molecule has 184 valence electrons. The fraction of sp³-hybridized carbons (Fsp3) is 0.667. The Labute approximate surface area is 180 Å². The lowest BCUT2D eigenvalue weighted by atomic mass is 10.2. The maximum atomic E-state index is 12.2. The Morgan fingerprint density at radius 3 is 2.47 bits per heavy atom. The zero-order valence-electron chi connectivity index (χ0n) is 16.3. The molecular weight excluding hydrogens is 501 g/mol. The Balaban J connectivity index is 2.12. The van der Waals surface area contributed by atoms with Gasteiger partial charge in [-0.25, -0.2) is 18.5 Å². The summed E-state index contributed by atoms with van der Waals surface area (Å²) in [5.74, 6) is -1.38. The molecule has 0 amide bonds. The average molecular weight is 524 g/mol. The van der Waals surface area contributed by atoms with E-state index >= 15 is 0 Å². The van der Waals surface area contributed by atoms with Crippen LogP contribution in [0.3, 0.4) is 0 Å². The van der Waals surface area contributed by atoms with Gasteiger partial charge in [0.05, 0.1) is 18.9 Å². The molecule has 0 bridgehead atoms. The highest BCUT2D eigenvalue weighted by Gasteiger charge is 2.42. The minimum Gasteiger partial charge on any atom is -0.398 e. The van der Waals surface area contributed by atoms with Crippen LogP contribution < -0.4 is 21.7 Å². The molecule has 4 atom stereocenters. The van der Waals surface area contributed by atoms with E-state index in [0.29, 0.717) is 32.4 Å². The summed E-state index contributed by atoms with van der Waals surface area (Å²) in [6, 6.07) is 0. The molecule has 17 nitrogen and oxygen atoms in total. The average Bonchev–Trinajstić information content (AvgIpc) is 3.06. The zero-order valence-corrected chi connectivity index (χ0v) is 19.0. The number of hydrogen-bond acceptors (Lipinski definition) is 12. The summed E-state index contributed by atoms with van der Waals surface area (Å²) in [6.07, 6.45) is 1.22. The molecule has 1 saturated heterocycles. The number of aromatic nitrogens is 2. The standard InChI is InChI=1S/C12H23N4O13P3/c13-4-1-5-25-7-8-2-3-10(26-8)16-6-9(11(14)15-12(16)17)27-31(21,22)29-32(23,24)28-30(18,19)20/h6,8,10H,1-5,7,13H2,(H,21,22)(H,23,24)(H2,14,15,17)(H2,18,19,20)/t8-,10+/m0/s1. The van der Waals surface area contributed by atoms with Gasteiger partial charge in [-0.2, -0.15) is 13.6 Å². The van der Waals surface area contributed by atoms with E-state index in [4.69, 9.17) is 30.7 Å². The largest absolute Gasteiger partial charge is 0.536 e. The Hall–Kier alpha value is -1.19. The lowest BCUT2D eigenvalue weighted by Crippen LogP contribution is -2.28. The number of phosphoric ester groups is 1. The van der Waals surface area contributed by atoms with E-state index in [9.17, 15) is 28.3 Å². The number of rotatable bonds is 12. The van der Waals surface area contributed by atoms with Crippen molar-refractivity contribution in [2.75, 3.05) is 25.5 Å². The van der Waals surface area contributed by atoms with Crippen molar-refractivity contribution in [1.82, 2.24) is 9.55 Å². The molecule has 0 spiro atoms. The quantitative estimate of drug-likeness (QED) is 0.150. The second-order valence-electron chi connectivity index (χ2n) is 6.37. The summed E-state index contributed by atoms with van der Waals surface area (Å²) in [6.45, 7) is 1.16. The molecular formula is C12H23N4O13P3. The number of hydrogen-bond donors (Lipinski definition) is 6. The van der Waals surface area contributed by atoms with Gasteiger partial charge in [0.15, 0.2) is 11.6 Å². The van der Waals surface area contributed by atoms with E-state index in [2.05, 4.69) is 18.1 Å². The molecule has 32 heavy (non-hydrogen) atoms. The van der Waals surface area contributed by atoms with Crippen molar-refractivity contribution in [1.29, 1.82) is 0 Å². The van der Waals surface area contributed by atoms with E-state index in [0.717, 1.165) is 10.8 Å². The van der Waals surface area contributed by atoms with E-state index in [1.54, 1.807) is 0 Å². The molecule has 2 unspecified atom stereocenters. The minimum atomic E-state index is -5.73. The minimum absolute atomic E-state index is 0.252. The topological polar surface area (TPSA) is 265 Å². The molecule has 2 rings (SSSR count). The van der Waals surface area contributed by atoms with E-state index < -0.39 is 47.0 Å². The van der Waals surface area contributed by atoms with Crippen LogP contribution in [0, 0.1) is 0 Å². The number of ether oxygens (including phenoxy) is 2. The van der Waals surface area contributed by atoms with Crippen molar-refractivity contribution in [3.63, 3.8) is 0 Å². The lowest BCUT2D eigenvalue weighted by Gasteiger charge is -2.19. The molecule has 0 saturated carbocycles. The first-order valence-electron chi connectivity index (χ1n) is 8.87. The maximum absolute atomic E-state index is 12.2. The van der Waals surface area contributed by atoms with Crippen LogP contribution in [0.25, 0.3) is 0 Å². The van der Waals surface area contributed by atoms with Crippen molar-refractivity contribution in [3.05, 3.63) is 16.7 Å². The smallest absolute Gasteiger partial charge is 0.398 e. The number of nitrogens with two attached hydrogens (primary N) is 2. The molecule has 8 N–H and O–H groups in total. The molecule has 20 heteroatoms. The molecule has 0 aromatic carbocycles. The highest BCUT2D eigenvalue weighted by molar-refractivity contribution is 7.66. The third-order valence-electron chi connectivity index (χ3n) is 3.77. The first kappa shape index (κ1) is 27.1. The van der Waals surface area contributed by atoms with Crippen molar-refractivity contribution in [2.24, 2.45) is 5.73 Å². The summed E-state index contributed by atoms with van der Waals surface area (Å²) in [7, 11) is -16.8. The molecule has 0 aliphatic carbocycles. The second-order valence-corrected chi connectivity index (χ2v) is 10.7. The van der Waals surface area contributed by atoms with E-state index in [1.165, 1.54) is 0 Å². The van der Waals surface area contributed by atoms with Gasteiger partial charge in [-0.3, -0.25) is 9.46 Å². The molecule has 2 heterocycles. The zero-order chi connectivity index (χ0) is 24.2. The summed E-state index contributed by atoms with van der Waals surface area (Å²) in [5, 5.41) is 0. The molecule has 1 aliphatic heterocycles. The summed E-state index contributed by atoms with van der Waals surface area (Å²) < 4.78 is 57.9. The van der Waals surface area contributed by atoms with Crippen LogP contribution >= 0.6 is 23.5 Å². The summed E-state index contributed by atoms with van der Waals surface area (Å²) in [4.78, 5) is 51.5. The molecule has 0 radical (unpaired) electrons. The van der Waals surface area contributed by atoms with Crippen LogP contribution in [-0.2, 0) is 31.8 Å². The normalized spacial score (nSPS) is 22.9. The Morgan fingerprint density at radius 1 is 1.16 bits per heavy atom. The highest BCUT2D eigenvalue weighted by atomic mass is 31.3. The monoisotopic (exact) mass is 524 g/mol. The Bertz CT molecular complexity index is 997. The number of nitrogen functional groups attached to an aromatic ring is 1. The van der Waals surface area contributed by atoms with Gasteiger partial charge < -0.3 is 40.1 Å². The van der Waals surface area contributed by atoms with Crippen LogP contribution in [0.4, 0.5) is 5.82 Å². The summed E-state index contributed by atoms with van der Waals surface area (Å²) >= 11 is 0. The number of anilines is 1. The molecule has 1 fully saturated rings. The lowest BCUT2D eigenvalue weighted by molar-refractivity contribution is -0.0429. The maximum Gasteiger partial charge on any atom is 0.536 e. The Morgan fingerprint density at radius 2 is 1.84 bits per heavy atom.